The number of hydrogen-bond acceptors (Lipinski definition) is 1. The molecule has 2 aromatic carbocycles. The van der Waals surface area contributed by atoms with E-state index in [1.165, 1.54) is 6.07 Å². The van der Waals surface area contributed by atoms with Crippen molar-refractivity contribution in [1.29, 1.82) is 0 Å². The van der Waals surface area contributed by atoms with E-state index >= 15 is 0 Å². The van der Waals surface area contributed by atoms with Gasteiger partial charge in [0.15, 0.2) is 11.6 Å². The monoisotopic (exact) mass is 312 g/mol. The number of rotatable bonds is 3. The van der Waals surface area contributed by atoms with E-state index in [9.17, 15) is 22.4 Å². The number of carbonyl (C=O) groups excluding carboxylic acids is 1. The van der Waals surface area contributed by atoms with Crippen molar-refractivity contribution in [2.24, 2.45) is 0 Å². The third kappa shape index (κ3) is 3.97. The lowest BCUT2D eigenvalue weighted by Gasteiger charge is -2.15. The first-order valence-electron chi connectivity index (χ1n) is 6.33. The summed E-state index contributed by atoms with van der Waals surface area (Å²) < 4.78 is 52.0. The minimum Gasteiger partial charge on any atom is -0.331 e. The number of urea groups is 1. The predicted molar refractivity (Wildman–Crippen MR) is 73.3 cm³/mol. The average Bonchev–Trinajstić information content (AvgIpc) is 2.40. The zero-order valence-corrected chi connectivity index (χ0v) is 11.5. The normalized spacial score (nSPS) is 11.9. The lowest BCUT2D eigenvalue weighted by atomic mass is 10.1. The molecule has 0 spiro atoms. The van der Waals surface area contributed by atoms with Gasteiger partial charge in [-0.25, -0.2) is 22.4 Å². The summed E-state index contributed by atoms with van der Waals surface area (Å²) in [7, 11) is 0. The lowest BCUT2D eigenvalue weighted by Crippen LogP contribution is -2.31. The third-order valence-corrected chi connectivity index (χ3v) is 2.91. The fourth-order valence-electron chi connectivity index (χ4n) is 1.85. The molecule has 0 saturated carbocycles. The second-order valence-corrected chi connectivity index (χ2v) is 4.65. The van der Waals surface area contributed by atoms with Gasteiger partial charge in [0.25, 0.3) is 0 Å². The number of carbonyl (C=O) groups is 1. The summed E-state index contributed by atoms with van der Waals surface area (Å²) in [5.41, 5.74) is 0.284. The number of amides is 2. The summed E-state index contributed by atoms with van der Waals surface area (Å²) in [6.07, 6.45) is 0. The Morgan fingerprint density at radius 3 is 2.18 bits per heavy atom. The second kappa shape index (κ2) is 6.46. The highest BCUT2D eigenvalue weighted by atomic mass is 19.2. The van der Waals surface area contributed by atoms with Crippen molar-refractivity contribution in [3.8, 4) is 0 Å². The summed E-state index contributed by atoms with van der Waals surface area (Å²) in [4.78, 5) is 11.7. The van der Waals surface area contributed by atoms with Gasteiger partial charge in [-0.15, -0.1) is 0 Å². The van der Waals surface area contributed by atoms with Crippen LogP contribution in [-0.4, -0.2) is 6.03 Å². The highest BCUT2D eigenvalue weighted by Crippen LogP contribution is 2.17. The van der Waals surface area contributed by atoms with E-state index in [1.54, 1.807) is 6.92 Å². The van der Waals surface area contributed by atoms with Gasteiger partial charge in [-0.05, 0) is 36.8 Å². The molecular formula is C15H12F4N2O. The fourth-order valence-corrected chi connectivity index (χ4v) is 1.85. The Morgan fingerprint density at radius 1 is 0.955 bits per heavy atom. The summed E-state index contributed by atoms with van der Waals surface area (Å²) >= 11 is 0. The van der Waals surface area contributed by atoms with Gasteiger partial charge >= 0.3 is 6.03 Å². The Balaban J connectivity index is 2.03. The highest BCUT2D eigenvalue weighted by Gasteiger charge is 2.12. The van der Waals surface area contributed by atoms with Crippen molar-refractivity contribution in [2.75, 3.05) is 5.32 Å². The molecule has 7 heteroatoms. The smallest absolute Gasteiger partial charge is 0.319 e. The maximum Gasteiger partial charge on any atom is 0.319 e. The van der Waals surface area contributed by atoms with E-state index in [4.69, 9.17) is 0 Å². The number of nitrogens with one attached hydrogen (secondary N) is 2. The quantitative estimate of drug-likeness (QED) is 0.822. The molecule has 0 fully saturated rings. The zero-order chi connectivity index (χ0) is 16.3. The zero-order valence-electron chi connectivity index (χ0n) is 11.5. The molecule has 0 radical (unpaired) electrons. The minimum atomic E-state index is -1.03. The number of benzene rings is 2. The molecule has 0 bridgehead atoms. The van der Waals surface area contributed by atoms with Gasteiger partial charge in [-0.1, -0.05) is 6.07 Å². The molecule has 0 saturated heterocycles. The first-order chi connectivity index (χ1) is 10.3. The van der Waals surface area contributed by atoms with Crippen LogP contribution in [0.1, 0.15) is 18.5 Å². The van der Waals surface area contributed by atoms with Crippen molar-refractivity contribution in [3.63, 3.8) is 0 Å². The third-order valence-electron chi connectivity index (χ3n) is 2.91. The van der Waals surface area contributed by atoms with Crippen molar-refractivity contribution < 1.29 is 22.4 Å². The largest absolute Gasteiger partial charge is 0.331 e. The first-order valence-corrected chi connectivity index (χ1v) is 6.33. The van der Waals surface area contributed by atoms with Crippen LogP contribution in [-0.2, 0) is 0 Å². The topological polar surface area (TPSA) is 41.1 Å². The highest BCUT2D eigenvalue weighted by molar-refractivity contribution is 5.89. The van der Waals surface area contributed by atoms with Crippen LogP contribution in [0.3, 0.4) is 0 Å². The average molecular weight is 312 g/mol. The van der Waals surface area contributed by atoms with Gasteiger partial charge in [0, 0.05) is 11.8 Å². The van der Waals surface area contributed by atoms with Crippen molar-refractivity contribution in [3.05, 3.63) is 65.2 Å². The molecule has 1 atom stereocenters. The van der Waals surface area contributed by atoms with E-state index in [0.717, 1.165) is 24.3 Å². The van der Waals surface area contributed by atoms with Crippen LogP contribution in [0.25, 0.3) is 0 Å². The van der Waals surface area contributed by atoms with Gasteiger partial charge in [0.1, 0.15) is 11.6 Å². The van der Waals surface area contributed by atoms with Gasteiger partial charge < -0.3 is 10.6 Å². The van der Waals surface area contributed by atoms with Gasteiger partial charge in [-0.3, -0.25) is 0 Å². The Kier molecular flexibility index (Phi) is 4.65. The minimum absolute atomic E-state index is 0.0625. The van der Waals surface area contributed by atoms with Crippen molar-refractivity contribution >= 4 is 11.7 Å². The molecular weight excluding hydrogens is 300 g/mol. The van der Waals surface area contributed by atoms with Crippen LogP contribution in [0, 0.1) is 23.3 Å². The number of anilines is 1. The van der Waals surface area contributed by atoms with E-state index in [2.05, 4.69) is 10.6 Å². The number of hydrogen-bond donors (Lipinski definition) is 2. The van der Waals surface area contributed by atoms with Crippen molar-refractivity contribution in [1.82, 2.24) is 5.32 Å². The van der Waals surface area contributed by atoms with Gasteiger partial charge in [0.2, 0.25) is 0 Å². The van der Waals surface area contributed by atoms with Crippen LogP contribution in [0.4, 0.5) is 28.0 Å². The molecule has 0 heterocycles. The van der Waals surface area contributed by atoms with E-state index < -0.39 is 35.3 Å². The predicted octanol–water partition coefficient (Wildman–Crippen LogP) is 4.13. The Labute approximate surface area is 124 Å². The Morgan fingerprint density at radius 2 is 1.59 bits per heavy atom. The van der Waals surface area contributed by atoms with Crippen LogP contribution >= 0.6 is 0 Å². The Hall–Kier alpha value is -2.57. The molecule has 0 aliphatic carbocycles. The maximum absolute atomic E-state index is 13.1. The molecule has 2 rings (SSSR count). The van der Waals surface area contributed by atoms with E-state index in [-0.39, 0.29) is 5.69 Å². The SMILES string of the molecule is CC(NC(=O)Nc1cc(F)cc(F)c1)c1ccc(F)c(F)c1. The molecule has 0 aromatic heterocycles. The van der Waals surface area contributed by atoms with E-state index in [1.807, 2.05) is 0 Å². The molecule has 3 nitrogen and oxygen atoms in total. The second-order valence-electron chi connectivity index (χ2n) is 4.65. The molecule has 2 aromatic rings. The number of halogens is 4. The summed E-state index contributed by atoms with van der Waals surface area (Å²) in [5.74, 6) is -3.68. The van der Waals surface area contributed by atoms with E-state index in [0.29, 0.717) is 11.6 Å². The molecule has 0 aliphatic rings. The van der Waals surface area contributed by atoms with Crippen LogP contribution < -0.4 is 10.6 Å². The van der Waals surface area contributed by atoms with Gasteiger partial charge in [0.05, 0.1) is 6.04 Å². The molecule has 2 N–H and O–H groups in total. The van der Waals surface area contributed by atoms with Crippen LogP contribution in [0.2, 0.25) is 0 Å². The summed E-state index contributed by atoms with van der Waals surface area (Å²) in [5, 5.41) is 4.70. The van der Waals surface area contributed by atoms with Crippen molar-refractivity contribution in [2.45, 2.75) is 13.0 Å². The summed E-state index contributed by atoms with van der Waals surface area (Å²) in [6, 6.07) is 4.44. The lowest BCUT2D eigenvalue weighted by molar-refractivity contribution is 0.249. The standard InChI is InChI=1S/C15H12F4N2O/c1-8(9-2-3-13(18)14(19)4-9)20-15(22)21-12-6-10(16)5-11(17)7-12/h2-8H,1H3,(H2,20,21,22). The Bertz CT molecular complexity index is 686. The summed E-state index contributed by atoms with van der Waals surface area (Å²) in [6.45, 7) is 1.55. The van der Waals surface area contributed by atoms with Gasteiger partial charge in [-0.2, -0.15) is 0 Å². The first kappa shape index (κ1) is 15.8. The molecule has 2 amide bonds. The fraction of sp³-hybridized carbons (Fsp3) is 0.133. The molecule has 0 aliphatic heterocycles. The maximum atomic E-state index is 13.1. The van der Waals surface area contributed by atoms with Crippen LogP contribution in [0.15, 0.2) is 36.4 Å². The van der Waals surface area contributed by atoms with Crippen LogP contribution in [0.5, 0.6) is 0 Å². The molecule has 22 heavy (non-hydrogen) atoms. The molecule has 116 valence electrons. The molecule has 1 unspecified atom stereocenters.